The summed E-state index contributed by atoms with van der Waals surface area (Å²) in [5.74, 6) is 0. The smallest absolute Gasteiger partial charge is 0.0928 e. The normalized spacial score (nSPS) is 13.8. The second kappa shape index (κ2) is 8.52. The van der Waals surface area contributed by atoms with Gasteiger partial charge in [-0.2, -0.15) is 0 Å². The van der Waals surface area contributed by atoms with Crippen molar-refractivity contribution < 1.29 is 9.47 Å². The summed E-state index contributed by atoms with van der Waals surface area (Å²) in [4.78, 5) is 4.47. The molecule has 2 atom stereocenters. The Labute approximate surface area is 126 Å². The third-order valence-electron chi connectivity index (χ3n) is 3.35. The highest BCUT2D eigenvalue weighted by Crippen LogP contribution is 2.19. The fourth-order valence-corrected chi connectivity index (χ4v) is 2.23. The molecule has 1 heterocycles. The summed E-state index contributed by atoms with van der Waals surface area (Å²) in [6.07, 6.45) is 1.83. The van der Waals surface area contributed by atoms with Gasteiger partial charge in [-0.05, 0) is 17.7 Å². The van der Waals surface area contributed by atoms with Gasteiger partial charge >= 0.3 is 0 Å². The summed E-state index contributed by atoms with van der Waals surface area (Å²) < 4.78 is 10.6. The molecule has 1 aromatic carbocycles. The van der Waals surface area contributed by atoms with Crippen LogP contribution in [-0.4, -0.2) is 38.5 Å². The molecule has 0 amide bonds. The van der Waals surface area contributed by atoms with E-state index in [0.717, 1.165) is 5.69 Å². The largest absolute Gasteiger partial charge is 0.382 e. The average Bonchev–Trinajstić information content (AvgIpc) is 2.56. The van der Waals surface area contributed by atoms with Crippen LogP contribution in [0.2, 0.25) is 0 Å². The Hall–Kier alpha value is -1.75. The highest BCUT2D eigenvalue weighted by molar-refractivity contribution is 5.27. The van der Waals surface area contributed by atoms with Crippen LogP contribution in [0.3, 0.4) is 0 Å². The Morgan fingerprint density at radius 1 is 1.05 bits per heavy atom. The minimum Gasteiger partial charge on any atom is -0.382 e. The second-order valence-corrected chi connectivity index (χ2v) is 4.82. The van der Waals surface area contributed by atoms with Crippen molar-refractivity contribution in [1.29, 1.82) is 0 Å². The van der Waals surface area contributed by atoms with Gasteiger partial charge in [0.25, 0.3) is 0 Å². The van der Waals surface area contributed by atoms with E-state index in [2.05, 4.69) is 22.4 Å². The predicted octanol–water partition coefficient (Wildman–Crippen LogP) is 2.42. The van der Waals surface area contributed by atoms with Gasteiger partial charge in [-0.3, -0.25) is 4.98 Å². The fourth-order valence-electron chi connectivity index (χ4n) is 2.23. The first kappa shape index (κ1) is 15.6. The number of pyridine rings is 1. The number of hydrogen-bond acceptors (Lipinski definition) is 4. The monoisotopic (exact) mass is 286 g/mol. The number of rotatable bonds is 8. The average molecular weight is 286 g/mol. The molecule has 1 N–H and O–H groups in total. The van der Waals surface area contributed by atoms with E-state index in [1.807, 2.05) is 42.6 Å². The first-order valence-electron chi connectivity index (χ1n) is 7.06. The Balaban J connectivity index is 2.13. The van der Waals surface area contributed by atoms with Gasteiger partial charge in [-0.1, -0.05) is 36.4 Å². The van der Waals surface area contributed by atoms with E-state index in [4.69, 9.17) is 9.47 Å². The van der Waals surface area contributed by atoms with Gasteiger partial charge in [-0.15, -0.1) is 0 Å². The number of aromatic nitrogens is 1. The van der Waals surface area contributed by atoms with Crippen molar-refractivity contribution in [1.82, 2.24) is 10.3 Å². The fraction of sp³-hybridized carbons (Fsp3) is 0.353. The zero-order valence-electron chi connectivity index (χ0n) is 12.5. The molecule has 0 saturated carbocycles. The van der Waals surface area contributed by atoms with E-state index in [0.29, 0.717) is 13.2 Å². The number of ether oxygens (including phenoxy) is 2. The van der Waals surface area contributed by atoms with E-state index in [1.165, 1.54) is 5.56 Å². The van der Waals surface area contributed by atoms with E-state index >= 15 is 0 Å². The van der Waals surface area contributed by atoms with Crippen molar-refractivity contribution in [3.63, 3.8) is 0 Å². The molecular formula is C17H22N2O2. The molecule has 0 bridgehead atoms. The van der Waals surface area contributed by atoms with Gasteiger partial charge in [0.1, 0.15) is 0 Å². The van der Waals surface area contributed by atoms with Crippen LogP contribution < -0.4 is 5.32 Å². The van der Waals surface area contributed by atoms with Crippen LogP contribution >= 0.6 is 0 Å². The number of nitrogens with one attached hydrogen (secondary N) is 1. The Morgan fingerprint density at radius 2 is 1.81 bits per heavy atom. The molecule has 0 spiro atoms. The van der Waals surface area contributed by atoms with Gasteiger partial charge in [0.05, 0.1) is 24.4 Å². The summed E-state index contributed by atoms with van der Waals surface area (Å²) in [5, 5.41) is 3.52. The summed E-state index contributed by atoms with van der Waals surface area (Å²) >= 11 is 0. The predicted molar refractivity (Wildman–Crippen MR) is 83.2 cm³/mol. The molecule has 0 aliphatic heterocycles. The van der Waals surface area contributed by atoms with Crippen LogP contribution in [0, 0.1) is 0 Å². The molecule has 4 heteroatoms. The molecule has 0 aliphatic rings. The van der Waals surface area contributed by atoms with Crippen LogP contribution in [0.1, 0.15) is 17.3 Å². The highest BCUT2D eigenvalue weighted by atomic mass is 16.5. The van der Waals surface area contributed by atoms with E-state index in [9.17, 15) is 0 Å². The zero-order chi connectivity index (χ0) is 14.9. The van der Waals surface area contributed by atoms with Crippen molar-refractivity contribution in [2.24, 2.45) is 0 Å². The molecule has 0 saturated heterocycles. The lowest BCUT2D eigenvalue weighted by Crippen LogP contribution is -2.35. The lowest BCUT2D eigenvalue weighted by atomic mass is 10.0. The van der Waals surface area contributed by atoms with Crippen LogP contribution in [0.25, 0.3) is 0 Å². The van der Waals surface area contributed by atoms with Crippen LogP contribution in [-0.2, 0) is 9.47 Å². The summed E-state index contributed by atoms with van der Waals surface area (Å²) in [6, 6.07) is 16.3. The summed E-state index contributed by atoms with van der Waals surface area (Å²) in [5.41, 5.74) is 2.18. The molecule has 2 aromatic rings. The molecule has 2 unspecified atom stereocenters. The third-order valence-corrected chi connectivity index (χ3v) is 3.35. The first-order valence-corrected chi connectivity index (χ1v) is 7.06. The molecule has 1 aromatic heterocycles. The van der Waals surface area contributed by atoms with Gasteiger partial charge < -0.3 is 14.8 Å². The van der Waals surface area contributed by atoms with Crippen molar-refractivity contribution in [3.8, 4) is 0 Å². The molecule has 0 fully saturated rings. The molecule has 21 heavy (non-hydrogen) atoms. The van der Waals surface area contributed by atoms with Crippen molar-refractivity contribution in [2.45, 2.75) is 12.1 Å². The van der Waals surface area contributed by atoms with E-state index < -0.39 is 0 Å². The number of benzene rings is 1. The van der Waals surface area contributed by atoms with Crippen LogP contribution in [0.4, 0.5) is 0 Å². The van der Waals surface area contributed by atoms with Crippen LogP contribution in [0.15, 0.2) is 54.7 Å². The number of hydrogen-bond donors (Lipinski definition) is 1. The summed E-state index contributed by atoms with van der Waals surface area (Å²) in [6.45, 7) is 1.26. The maximum atomic E-state index is 5.40. The van der Waals surface area contributed by atoms with E-state index in [-0.39, 0.29) is 12.1 Å². The van der Waals surface area contributed by atoms with Gasteiger partial charge in [0.2, 0.25) is 0 Å². The standard InChI is InChI=1S/C17H22N2O2/c1-20-13-15(21-2)12-19-17(14-8-4-3-5-9-14)16-10-6-7-11-18-16/h3-11,15,17,19H,12-13H2,1-2H3. The Bertz CT molecular complexity index is 465. The van der Waals surface area contributed by atoms with Crippen molar-refractivity contribution in [3.05, 3.63) is 66.0 Å². The minimum atomic E-state index is 0.0184. The molecular weight excluding hydrogens is 264 g/mol. The second-order valence-electron chi connectivity index (χ2n) is 4.82. The third kappa shape index (κ3) is 4.63. The Morgan fingerprint density at radius 3 is 2.43 bits per heavy atom. The minimum absolute atomic E-state index is 0.0184. The van der Waals surface area contributed by atoms with Gasteiger partial charge in [-0.25, -0.2) is 0 Å². The van der Waals surface area contributed by atoms with E-state index in [1.54, 1.807) is 14.2 Å². The molecule has 4 nitrogen and oxygen atoms in total. The molecule has 2 rings (SSSR count). The first-order chi connectivity index (χ1) is 10.3. The number of nitrogens with zero attached hydrogens (tertiary/aromatic N) is 1. The lowest BCUT2D eigenvalue weighted by Gasteiger charge is -2.22. The molecule has 0 aliphatic carbocycles. The summed E-state index contributed by atoms with van der Waals surface area (Å²) in [7, 11) is 3.38. The number of methoxy groups -OCH3 is 2. The quantitative estimate of drug-likeness (QED) is 0.809. The van der Waals surface area contributed by atoms with Crippen LogP contribution in [0.5, 0.6) is 0 Å². The molecule has 0 radical (unpaired) electrons. The highest BCUT2D eigenvalue weighted by Gasteiger charge is 2.16. The van der Waals surface area contributed by atoms with Crippen molar-refractivity contribution in [2.75, 3.05) is 27.4 Å². The zero-order valence-corrected chi connectivity index (χ0v) is 12.5. The van der Waals surface area contributed by atoms with Gasteiger partial charge in [0, 0.05) is 27.0 Å². The topological polar surface area (TPSA) is 43.4 Å². The maximum absolute atomic E-state index is 5.40. The maximum Gasteiger partial charge on any atom is 0.0928 e. The lowest BCUT2D eigenvalue weighted by molar-refractivity contribution is 0.0279. The van der Waals surface area contributed by atoms with Crippen molar-refractivity contribution >= 4 is 0 Å². The Kier molecular flexibility index (Phi) is 6.34. The van der Waals surface area contributed by atoms with Gasteiger partial charge in [0.15, 0.2) is 0 Å². The SMILES string of the molecule is COCC(CNC(c1ccccc1)c1ccccn1)OC. The molecule has 112 valence electrons.